The van der Waals surface area contributed by atoms with Crippen molar-refractivity contribution in [2.45, 2.75) is 57.2 Å². The molecule has 4 rings (SSSR count). The number of rotatable bonds is 14. The molecule has 0 saturated carbocycles. The maximum absolute atomic E-state index is 13.9. The number of alkyl halides is 3. The summed E-state index contributed by atoms with van der Waals surface area (Å²) in [6.07, 6.45) is -0.950. The molecule has 2 saturated heterocycles. The summed E-state index contributed by atoms with van der Waals surface area (Å²) in [5, 5.41) is 11.3. The van der Waals surface area contributed by atoms with Gasteiger partial charge in [-0.15, -0.1) is 0 Å². The topological polar surface area (TPSA) is 166 Å². The number of hydrogen-bond donors (Lipinski definition) is 2. The number of halogens is 3. The molecule has 1 atom stereocenters. The van der Waals surface area contributed by atoms with Gasteiger partial charge in [-0.2, -0.15) is 26.9 Å². The second-order valence-electron chi connectivity index (χ2n) is 11.5. The molecule has 0 aliphatic carbocycles. The molecule has 1 amide bonds. The van der Waals surface area contributed by atoms with E-state index < -0.39 is 39.8 Å². The predicted octanol–water partition coefficient (Wildman–Crippen LogP) is 3.16. The van der Waals surface area contributed by atoms with Gasteiger partial charge in [0, 0.05) is 38.7 Å². The lowest BCUT2D eigenvalue weighted by atomic mass is 9.98. The van der Waals surface area contributed by atoms with Gasteiger partial charge in [-0.05, 0) is 62.1 Å². The van der Waals surface area contributed by atoms with Gasteiger partial charge in [0.25, 0.3) is 10.1 Å². The maximum atomic E-state index is 13.9. The quantitative estimate of drug-likeness (QED) is 0.285. The Morgan fingerprint density at radius 1 is 1.09 bits per heavy atom. The van der Waals surface area contributed by atoms with Gasteiger partial charge in [-0.1, -0.05) is 12.1 Å². The second-order valence-corrected chi connectivity index (χ2v) is 13.0. The van der Waals surface area contributed by atoms with Gasteiger partial charge in [0.15, 0.2) is 5.78 Å². The van der Waals surface area contributed by atoms with Crippen LogP contribution in [0.1, 0.15) is 55.5 Å². The molecule has 250 valence electrons. The standard InChI is InChI=1S/C30H37F3N6O6S/c31-30(32,33)29-36-26(38-14-10-23(11-15-38)19-45-20-28(41)35-12-16-46(42,43)44)17-27(37-29)39-13-2-4-24(39)25(40)5-1-3-21-6-8-22(18-34)9-7-21/h6-9,17,23-24H,1-5,10-16,19-20H2,(H,35,41)(H,42,43,44)/t24-/m0/s1. The van der Waals surface area contributed by atoms with E-state index in [1.54, 1.807) is 21.9 Å². The molecule has 16 heteroatoms. The molecular formula is C30H37F3N6O6S. The van der Waals surface area contributed by atoms with Crippen molar-refractivity contribution in [3.63, 3.8) is 0 Å². The zero-order chi connectivity index (χ0) is 33.3. The van der Waals surface area contributed by atoms with E-state index in [-0.39, 0.29) is 49.5 Å². The third-order valence-corrected chi connectivity index (χ3v) is 8.77. The zero-order valence-electron chi connectivity index (χ0n) is 25.2. The minimum atomic E-state index is -4.78. The molecule has 12 nitrogen and oxygen atoms in total. The van der Waals surface area contributed by atoms with Crippen LogP contribution in [0.25, 0.3) is 0 Å². The number of amides is 1. The Morgan fingerprint density at radius 2 is 1.78 bits per heavy atom. The number of piperidine rings is 1. The number of aryl methyl sites for hydroxylation is 1. The van der Waals surface area contributed by atoms with E-state index in [9.17, 15) is 31.2 Å². The average molecular weight is 667 g/mol. The first kappa shape index (κ1) is 35.1. The Balaban J connectivity index is 1.33. The zero-order valence-corrected chi connectivity index (χ0v) is 26.0. The molecule has 3 heterocycles. The molecule has 2 aliphatic rings. The highest BCUT2D eigenvalue weighted by molar-refractivity contribution is 7.85. The largest absolute Gasteiger partial charge is 0.451 e. The highest BCUT2D eigenvalue weighted by Crippen LogP contribution is 2.34. The van der Waals surface area contributed by atoms with Crippen LogP contribution in [-0.4, -0.2) is 85.8 Å². The molecule has 0 bridgehead atoms. The normalized spacial score (nSPS) is 17.6. The fourth-order valence-electron chi connectivity index (χ4n) is 5.63. The van der Waals surface area contributed by atoms with E-state index in [1.165, 1.54) is 6.07 Å². The van der Waals surface area contributed by atoms with Gasteiger partial charge in [-0.25, -0.2) is 9.97 Å². The van der Waals surface area contributed by atoms with Crippen LogP contribution in [0.4, 0.5) is 24.8 Å². The molecule has 0 unspecified atom stereocenters. The fraction of sp³-hybridized carbons (Fsp3) is 0.567. The molecule has 2 fully saturated rings. The number of nitrogens with one attached hydrogen (secondary N) is 1. The molecular weight excluding hydrogens is 629 g/mol. The van der Waals surface area contributed by atoms with Crippen molar-refractivity contribution in [1.29, 1.82) is 5.26 Å². The highest BCUT2D eigenvalue weighted by atomic mass is 32.2. The van der Waals surface area contributed by atoms with Crippen LogP contribution in [0.5, 0.6) is 0 Å². The van der Waals surface area contributed by atoms with Gasteiger partial charge >= 0.3 is 6.18 Å². The number of carbonyl (C=O) groups is 2. The van der Waals surface area contributed by atoms with E-state index in [0.717, 1.165) is 5.56 Å². The van der Waals surface area contributed by atoms with Crippen molar-refractivity contribution < 1.29 is 40.5 Å². The lowest BCUT2D eigenvalue weighted by molar-refractivity contribution is -0.144. The van der Waals surface area contributed by atoms with Crippen molar-refractivity contribution in [2.75, 3.05) is 54.9 Å². The second kappa shape index (κ2) is 15.7. The lowest BCUT2D eigenvalue weighted by Gasteiger charge is -2.33. The fourth-order valence-corrected chi connectivity index (χ4v) is 5.99. The van der Waals surface area contributed by atoms with E-state index in [2.05, 4.69) is 21.4 Å². The number of carbonyl (C=O) groups excluding carboxylic acids is 2. The summed E-state index contributed by atoms with van der Waals surface area (Å²) in [6, 6.07) is 10.2. The molecule has 0 radical (unpaired) electrons. The van der Waals surface area contributed by atoms with Crippen LogP contribution < -0.4 is 15.1 Å². The summed E-state index contributed by atoms with van der Waals surface area (Å²) in [5.41, 5.74) is 1.55. The molecule has 46 heavy (non-hydrogen) atoms. The molecule has 1 aromatic carbocycles. The molecule has 2 aromatic rings. The first-order valence-corrected chi connectivity index (χ1v) is 16.7. The summed E-state index contributed by atoms with van der Waals surface area (Å²) in [5.74, 6) is -2.18. The summed E-state index contributed by atoms with van der Waals surface area (Å²) in [7, 11) is -4.18. The Bertz CT molecular complexity index is 1510. The third kappa shape index (κ3) is 10.4. The van der Waals surface area contributed by atoms with Crippen LogP contribution in [0.3, 0.4) is 0 Å². The number of anilines is 2. The van der Waals surface area contributed by atoms with Crippen molar-refractivity contribution in [3.8, 4) is 6.07 Å². The SMILES string of the molecule is N#Cc1ccc(CCCC(=O)[C@@H]2CCCN2c2cc(N3CCC(COCC(=O)NCCS(=O)(=O)O)CC3)nc(C(F)(F)F)n2)cc1. The number of Topliss-reactive ketones (excluding diaryl/α,β-unsaturated/α-hetero) is 1. The maximum Gasteiger partial charge on any atom is 0.451 e. The van der Waals surface area contributed by atoms with Gasteiger partial charge < -0.3 is 19.9 Å². The van der Waals surface area contributed by atoms with Gasteiger partial charge in [0.2, 0.25) is 11.7 Å². The van der Waals surface area contributed by atoms with E-state index >= 15 is 0 Å². The molecule has 2 aliphatic heterocycles. The number of nitriles is 1. The number of ketones is 1. The van der Waals surface area contributed by atoms with Gasteiger partial charge in [-0.3, -0.25) is 14.1 Å². The Kier molecular flexibility index (Phi) is 11.9. The molecule has 1 aromatic heterocycles. The Labute approximate surface area is 265 Å². The van der Waals surface area contributed by atoms with E-state index in [4.69, 9.17) is 14.6 Å². The van der Waals surface area contributed by atoms with Crippen molar-refractivity contribution in [1.82, 2.24) is 15.3 Å². The van der Waals surface area contributed by atoms with E-state index in [0.29, 0.717) is 63.7 Å². The van der Waals surface area contributed by atoms with Crippen LogP contribution in [0.15, 0.2) is 30.3 Å². The van der Waals surface area contributed by atoms with Crippen molar-refractivity contribution in [2.24, 2.45) is 5.92 Å². The summed E-state index contributed by atoms with van der Waals surface area (Å²) in [6.45, 7) is 0.918. The molecule has 2 N–H and O–H groups in total. The number of benzene rings is 1. The minimum Gasteiger partial charge on any atom is -0.371 e. The summed E-state index contributed by atoms with van der Waals surface area (Å²) in [4.78, 5) is 36.1. The molecule has 0 spiro atoms. The number of nitrogens with zero attached hydrogens (tertiary/aromatic N) is 5. The number of aromatic nitrogens is 2. The number of ether oxygens (including phenoxy) is 1. The van der Waals surface area contributed by atoms with Gasteiger partial charge in [0.1, 0.15) is 18.2 Å². The predicted molar refractivity (Wildman–Crippen MR) is 162 cm³/mol. The van der Waals surface area contributed by atoms with Crippen LogP contribution in [0.2, 0.25) is 0 Å². The Morgan fingerprint density at radius 3 is 2.43 bits per heavy atom. The van der Waals surface area contributed by atoms with Crippen LogP contribution in [-0.2, 0) is 37.0 Å². The van der Waals surface area contributed by atoms with E-state index in [1.807, 2.05) is 12.1 Å². The Hall–Kier alpha value is -3.81. The number of hydrogen-bond acceptors (Lipinski definition) is 10. The first-order chi connectivity index (χ1) is 21.8. The monoisotopic (exact) mass is 666 g/mol. The van der Waals surface area contributed by atoms with Gasteiger partial charge in [0.05, 0.1) is 30.0 Å². The highest BCUT2D eigenvalue weighted by Gasteiger charge is 2.38. The first-order valence-electron chi connectivity index (χ1n) is 15.1. The lowest BCUT2D eigenvalue weighted by Crippen LogP contribution is -2.39. The summed E-state index contributed by atoms with van der Waals surface area (Å²) >= 11 is 0. The average Bonchev–Trinajstić information content (AvgIpc) is 3.51. The van der Waals surface area contributed by atoms with Crippen LogP contribution in [0, 0.1) is 17.2 Å². The third-order valence-electron chi connectivity index (χ3n) is 8.05. The van der Waals surface area contributed by atoms with Crippen molar-refractivity contribution >= 4 is 33.4 Å². The minimum absolute atomic E-state index is 0.0483. The smallest absolute Gasteiger partial charge is 0.371 e. The summed E-state index contributed by atoms with van der Waals surface area (Å²) < 4.78 is 77.3. The van der Waals surface area contributed by atoms with Crippen LogP contribution >= 0.6 is 0 Å². The van der Waals surface area contributed by atoms with Crippen molar-refractivity contribution in [3.05, 3.63) is 47.3 Å².